The molecule has 8 nitrogen and oxygen atoms in total. The van der Waals surface area contributed by atoms with Crippen LogP contribution in [0.25, 0.3) is 11.1 Å². The topological polar surface area (TPSA) is 101 Å². The van der Waals surface area contributed by atoms with E-state index >= 15 is 0 Å². The first kappa shape index (κ1) is 30.1. The second-order valence-electron chi connectivity index (χ2n) is 9.57. The van der Waals surface area contributed by atoms with Crippen LogP contribution in [-0.4, -0.2) is 78.2 Å². The van der Waals surface area contributed by atoms with Gasteiger partial charge in [-0.25, -0.2) is 4.98 Å². The number of rotatable bonds is 5. The van der Waals surface area contributed by atoms with Crippen molar-refractivity contribution in [3.8, 4) is 17.2 Å². The second-order valence-corrected chi connectivity index (χ2v) is 10.4. The van der Waals surface area contributed by atoms with Crippen LogP contribution >= 0.6 is 23.2 Å². The number of hydrogen-bond donors (Lipinski definition) is 1. The van der Waals surface area contributed by atoms with Crippen LogP contribution in [0.1, 0.15) is 21.5 Å². The van der Waals surface area contributed by atoms with Gasteiger partial charge in [-0.2, -0.15) is 18.4 Å². The van der Waals surface area contributed by atoms with Crippen LogP contribution in [0.5, 0.6) is 0 Å². The van der Waals surface area contributed by atoms with Crippen LogP contribution < -0.4 is 4.90 Å². The SMILES string of the molecule is CN(C)C(=O)c1c(Cl)cc(-c2cnc(N3CCN(C(=O)[C@](O)(c4ccccc4)C(F)(F)F)CC3)c(C#N)c2)cc1Cl. The number of carbonyl (C=O) groups excluding carboxylic acids is 2. The van der Waals surface area contributed by atoms with Crippen molar-refractivity contribution < 1.29 is 27.9 Å². The van der Waals surface area contributed by atoms with Crippen molar-refractivity contribution >= 4 is 40.8 Å². The normalized spacial score (nSPS) is 15.2. The number of pyridine rings is 1. The fraction of sp³-hybridized carbons (Fsp3) is 0.286. The number of benzene rings is 2. The average molecular weight is 606 g/mol. The van der Waals surface area contributed by atoms with E-state index in [-0.39, 0.29) is 59.1 Å². The zero-order valence-electron chi connectivity index (χ0n) is 21.9. The van der Waals surface area contributed by atoms with Gasteiger partial charge in [0.25, 0.3) is 17.4 Å². The minimum Gasteiger partial charge on any atom is -0.369 e. The smallest absolute Gasteiger partial charge is 0.369 e. The molecule has 1 N–H and O–H groups in total. The molecule has 214 valence electrons. The molecule has 1 aliphatic rings. The molecule has 1 aliphatic heterocycles. The predicted octanol–water partition coefficient (Wildman–Crippen LogP) is 4.73. The Morgan fingerprint density at radius 3 is 2.10 bits per heavy atom. The van der Waals surface area contributed by atoms with Crippen molar-refractivity contribution in [3.05, 3.63) is 81.5 Å². The summed E-state index contributed by atoms with van der Waals surface area (Å²) in [4.78, 5) is 33.8. The highest BCUT2D eigenvalue weighted by Crippen LogP contribution is 2.41. The van der Waals surface area contributed by atoms with Crippen molar-refractivity contribution in [2.24, 2.45) is 0 Å². The molecule has 13 heteroatoms. The van der Waals surface area contributed by atoms with Crippen LogP contribution in [0.4, 0.5) is 19.0 Å². The number of aliphatic hydroxyl groups is 1. The molecule has 2 amide bonds. The molecule has 41 heavy (non-hydrogen) atoms. The van der Waals surface area contributed by atoms with Crippen LogP contribution in [-0.2, 0) is 10.4 Å². The Balaban J connectivity index is 1.55. The van der Waals surface area contributed by atoms with Gasteiger partial charge < -0.3 is 19.8 Å². The summed E-state index contributed by atoms with van der Waals surface area (Å²) >= 11 is 12.7. The molecule has 1 aromatic heterocycles. The Bertz CT molecular complexity index is 1500. The number of hydrogen-bond acceptors (Lipinski definition) is 6. The van der Waals surface area contributed by atoms with Crippen LogP contribution in [0.2, 0.25) is 10.0 Å². The number of carbonyl (C=O) groups is 2. The van der Waals surface area contributed by atoms with Gasteiger partial charge in [0.1, 0.15) is 11.9 Å². The summed E-state index contributed by atoms with van der Waals surface area (Å²) < 4.78 is 41.9. The maximum absolute atomic E-state index is 14.0. The Labute approximate surface area is 244 Å². The quantitative estimate of drug-likeness (QED) is 0.451. The molecular weight excluding hydrogens is 582 g/mol. The first-order chi connectivity index (χ1) is 19.3. The van der Waals surface area contributed by atoms with Gasteiger partial charge in [0.15, 0.2) is 0 Å². The molecule has 1 atom stereocenters. The molecule has 0 aliphatic carbocycles. The van der Waals surface area contributed by atoms with Crippen LogP contribution in [0.3, 0.4) is 0 Å². The number of anilines is 1. The maximum Gasteiger partial charge on any atom is 0.430 e. The summed E-state index contributed by atoms with van der Waals surface area (Å²) in [6.45, 7) is -0.112. The zero-order valence-corrected chi connectivity index (χ0v) is 23.4. The highest BCUT2D eigenvalue weighted by molar-refractivity contribution is 6.40. The van der Waals surface area contributed by atoms with Gasteiger partial charge in [0.2, 0.25) is 0 Å². The van der Waals surface area contributed by atoms with Crippen LogP contribution in [0, 0.1) is 11.3 Å². The largest absolute Gasteiger partial charge is 0.430 e. The summed E-state index contributed by atoms with van der Waals surface area (Å²) in [7, 11) is 3.14. The highest BCUT2D eigenvalue weighted by atomic mass is 35.5. The Kier molecular flexibility index (Phi) is 8.49. The first-order valence-corrected chi connectivity index (χ1v) is 13.0. The average Bonchev–Trinajstić information content (AvgIpc) is 2.95. The maximum atomic E-state index is 14.0. The predicted molar refractivity (Wildman–Crippen MR) is 148 cm³/mol. The van der Waals surface area contributed by atoms with Gasteiger partial charge in [-0.15, -0.1) is 0 Å². The summed E-state index contributed by atoms with van der Waals surface area (Å²) in [5.74, 6) is -1.55. The number of aromatic nitrogens is 1. The van der Waals surface area contributed by atoms with Gasteiger partial charge in [-0.3, -0.25) is 9.59 Å². The van der Waals surface area contributed by atoms with E-state index in [1.807, 2.05) is 0 Å². The lowest BCUT2D eigenvalue weighted by atomic mass is 9.91. The highest BCUT2D eigenvalue weighted by Gasteiger charge is 2.62. The van der Waals surface area contributed by atoms with Crippen molar-refractivity contribution in [1.29, 1.82) is 5.26 Å². The van der Waals surface area contributed by atoms with E-state index in [4.69, 9.17) is 23.2 Å². The van der Waals surface area contributed by atoms with E-state index in [1.165, 1.54) is 29.3 Å². The molecule has 0 unspecified atom stereocenters. The molecule has 2 aromatic carbocycles. The van der Waals surface area contributed by atoms with Gasteiger partial charge in [-0.1, -0.05) is 53.5 Å². The monoisotopic (exact) mass is 605 g/mol. The Morgan fingerprint density at radius 2 is 1.59 bits per heavy atom. The van der Waals surface area contributed by atoms with E-state index in [0.29, 0.717) is 11.1 Å². The summed E-state index contributed by atoms with van der Waals surface area (Å²) in [6, 6.07) is 13.0. The molecular formula is C28H24Cl2F3N5O3. The zero-order chi connectivity index (χ0) is 30.1. The van der Waals surface area contributed by atoms with Gasteiger partial charge in [0, 0.05) is 57.6 Å². The summed E-state index contributed by atoms with van der Waals surface area (Å²) in [5, 5.41) is 20.7. The van der Waals surface area contributed by atoms with Gasteiger partial charge in [-0.05, 0) is 23.8 Å². The van der Waals surface area contributed by atoms with E-state index in [0.717, 1.165) is 17.0 Å². The first-order valence-electron chi connectivity index (χ1n) is 12.3. The summed E-state index contributed by atoms with van der Waals surface area (Å²) in [5.41, 5.74) is -2.91. The van der Waals surface area contributed by atoms with E-state index in [1.54, 1.807) is 37.2 Å². The second kappa shape index (κ2) is 11.6. The number of nitriles is 1. The van der Waals surface area contributed by atoms with Gasteiger partial charge >= 0.3 is 6.18 Å². The van der Waals surface area contributed by atoms with Crippen molar-refractivity contribution in [2.45, 2.75) is 11.8 Å². The van der Waals surface area contributed by atoms with Crippen molar-refractivity contribution in [1.82, 2.24) is 14.8 Å². The fourth-order valence-electron chi connectivity index (χ4n) is 4.56. The molecule has 1 saturated heterocycles. The third-order valence-corrected chi connectivity index (χ3v) is 7.36. The molecule has 0 saturated carbocycles. The lowest BCUT2D eigenvalue weighted by Gasteiger charge is -2.40. The van der Waals surface area contributed by atoms with Gasteiger partial charge in [0.05, 0.1) is 21.2 Å². The fourth-order valence-corrected chi connectivity index (χ4v) is 5.20. The Morgan fingerprint density at radius 1 is 1.00 bits per heavy atom. The third-order valence-electron chi connectivity index (χ3n) is 6.76. The molecule has 1 fully saturated rings. The number of amides is 2. The standard InChI is InChI=1S/C28H24Cl2F3N5O3/c1-36(2)25(39)23-21(29)13-17(14-22(23)30)19-12-18(15-34)24(35-16-19)37-8-10-38(11-9-37)26(40)27(41,28(31,32)33)20-6-4-3-5-7-20/h3-7,12-14,16,41H,8-11H2,1-2H3/t27-/m1/s1. The number of nitrogens with zero attached hydrogens (tertiary/aromatic N) is 5. The number of halogens is 5. The molecule has 0 spiro atoms. The minimum atomic E-state index is -5.24. The molecule has 2 heterocycles. The lowest BCUT2D eigenvalue weighted by Crippen LogP contribution is -2.59. The van der Waals surface area contributed by atoms with Crippen LogP contribution in [0.15, 0.2) is 54.7 Å². The molecule has 0 bridgehead atoms. The number of piperazine rings is 1. The van der Waals surface area contributed by atoms with E-state index in [9.17, 15) is 33.1 Å². The van der Waals surface area contributed by atoms with Crippen molar-refractivity contribution in [3.63, 3.8) is 0 Å². The van der Waals surface area contributed by atoms with E-state index in [2.05, 4.69) is 11.1 Å². The van der Waals surface area contributed by atoms with Crippen molar-refractivity contribution in [2.75, 3.05) is 45.2 Å². The molecule has 4 rings (SSSR count). The van der Waals surface area contributed by atoms with E-state index < -0.39 is 23.2 Å². The molecule has 3 aromatic rings. The molecule has 0 radical (unpaired) electrons. The lowest BCUT2D eigenvalue weighted by molar-refractivity contribution is -0.262. The third kappa shape index (κ3) is 5.68. The minimum absolute atomic E-state index is 0.0779. The Hall–Kier alpha value is -3.85. The number of alkyl halides is 3. The summed E-state index contributed by atoms with van der Waals surface area (Å²) in [6.07, 6.45) is -3.75.